The minimum absolute atomic E-state index is 0.105. The maximum absolute atomic E-state index is 12.3. The van der Waals surface area contributed by atoms with E-state index in [0.717, 1.165) is 18.7 Å². The third-order valence-corrected chi connectivity index (χ3v) is 4.54. The minimum Gasteiger partial charge on any atom is -0.435 e. The molecule has 1 aliphatic carbocycles. The van der Waals surface area contributed by atoms with Crippen molar-refractivity contribution >= 4 is 0 Å². The van der Waals surface area contributed by atoms with Gasteiger partial charge in [-0.25, -0.2) is 0 Å². The van der Waals surface area contributed by atoms with Crippen LogP contribution >= 0.6 is 0 Å². The molecule has 1 N–H and O–H groups in total. The average molecular weight is 297 g/mol. The minimum atomic E-state index is -2.80. The average Bonchev–Trinajstić information content (AvgIpc) is 2.80. The van der Waals surface area contributed by atoms with Crippen LogP contribution in [-0.2, 0) is 4.74 Å². The van der Waals surface area contributed by atoms with Gasteiger partial charge in [-0.2, -0.15) is 8.78 Å². The summed E-state index contributed by atoms with van der Waals surface area (Å²) in [6.45, 7) is -0.364. The monoisotopic (exact) mass is 297 g/mol. The Morgan fingerprint density at radius 3 is 2.86 bits per heavy atom. The van der Waals surface area contributed by atoms with Crippen molar-refractivity contribution in [2.75, 3.05) is 19.7 Å². The number of benzene rings is 1. The van der Waals surface area contributed by atoms with Crippen molar-refractivity contribution in [2.24, 2.45) is 5.41 Å². The van der Waals surface area contributed by atoms with Gasteiger partial charge < -0.3 is 14.8 Å². The molecule has 3 rings (SSSR count). The number of hydrogen-bond donors (Lipinski definition) is 1. The van der Waals surface area contributed by atoms with E-state index < -0.39 is 6.61 Å². The van der Waals surface area contributed by atoms with E-state index in [1.807, 2.05) is 6.07 Å². The Morgan fingerprint density at radius 1 is 1.29 bits per heavy atom. The first kappa shape index (κ1) is 14.7. The summed E-state index contributed by atoms with van der Waals surface area (Å²) in [6, 6.07) is 6.81. The largest absolute Gasteiger partial charge is 0.435 e. The molecule has 3 nitrogen and oxygen atoms in total. The molecule has 116 valence electrons. The Hall–Kier alpha value is -1.20. The van der Waals surface area contributed by atoms with Crippen molar-refractivity contribution in [2.45, 2.75) is 38.4 Å². The molecule has 1 atom stereocenters. The quantitative estimate of drug-likeness (QED) is 0.926. The van der Waals surface area contributed by atoms with E-state index >= 15 is 0 Å². The van der Waals surface area contributed by atoms with Crippen LogP contribution in [0.3, 0.4) is 0 Å². The molecular weight excluding hydrogens is 276 g/mol. The highest BCUT2D eigenvalue weighted by Crippen LogP contribution is 2.40. The highest BCUT2D eigenvalue weighted by Gasteiger charge is 2.36. The highest BCUT2D eigenvalue weighted by atomic mass is 19.3. The summed E-state index contributed by atoms with van der Waals surface area (Å²) in [6.07, 6.45) is 4.86. The normalized spacial score (nSPS) is 25.2. The van der Waals surface area contributed by atoms with Gasteiger partial charge in [0.1, 0.15) is 5.75 Å². The predicted octanol–water partition coefficient (Wildman–Crippen LogP) is 3.51. The molecule has 0 amide bonds. The second kappa shape index (κ2) is 6.28. The zero-order chi connectivity index (χ0) is 14.7. The lowest BCUT2D eigenvalue weighted by Crippen LogP contribution is -2.32. The molecule has 1 aromatic rings. The Kier molecular flexibility index (Phi) is 4.40. The molecule has 1 spiro atoms. The second-order valence-corrected chi connectivity index (χ2v) is 6.09. The maximum Gasteiger partial charge on any atom is 0.387 e. The molecule has 0 bridgehead atoms. The van der Waals surface area contributed by atoms with Crippen molar-refractivity contribution in [3.05, 3.63) is 29.8 Å². The van der Waals surface area contributed by atoms with E-state index in [1.54, 1.807) is 12.1 Å². The lowest BCUT2D eigenvalue weighted by Gasteiger charge is -2.26. The molecule has 1 aliphatic heterocycles. The van der Waals surface area contributed by atoms with Crippen molar-refractivity contribution in [1.29, 1.82) is 0 Å². The molecule has 1 heterocycles. The highest BCUT2D eigenvalue weighted by molar-refractivity contribution is 5.30. The van der Waals surface area contributed by atoms with Gasteiger partial charge in [0.25, 0.3) is 0 Å². The zero-order valence-electron chi connectivity index (χ0n) is 12.0. The smallest absolute Gasteiger partial charge is 0.387 e. The fourth-order valence-electron chi connectivity index (χ4n) is 3.41. The van der Waals surface area contributed by atoms with Crippen LogP contribution in [-0.4, -0.2) is 26.3 Å². The Balaban J connectivity index is 1.69. The van der Waals surface area contributed by atoms with Gasteiger partial charge in [0, 0.05) is 18.5 Å². The first-order chi connectivity index (χ1) is 10.2. The standard InChI is InChI=1S/C16H21F2NO2/c17-15(18)21-13-5-3-4-12(8-13)14-9-19-10-16(11-20-14)6-1-2-7-16/h3-5,8,14-15,19H,1-2,6-7,9-11H2. The number of ether oxygens (including phenoxy) is 2. The Morgan fingerprint density at radius 2 is 2.10 bits per heavy atom. The molecule has 0 radical (unpaired) electrons. The molecule has 0 aromatic heterocycles. The van der Waals surface area contributed by atoms with Crippen molar-refractivity contribution < 1.29 is 18.3 Å². The first-order valence-electron chi connectivity index (χ1n) is 7.54. The van der Waals surface area contributed by atoms with Crippen LogP contribution in [0.15, 0.2) is 24.3 Å². The van der Waals surface area contributed by atoms with Crippen LogP contribution in [0.5, 0.6) is 5.75 Å². The topological polar surface area (TPSA) is 30.5 Å². The van der Waals surface area contributed by atoms with E-state index in [0.29, 0.717) is 6.54 Å². The number of nitrogens with one attached hydrogen (secondary N) is 1. The predicted molar refractivity (Wildman–Crippen MR) is 75.5 cm³/mol. The van der Waals surface area contributed by atoms with E-state index in [1.165, 1.54) is 31.7 Å². The van der Waals surface area contributed by atoms with Crippen LogP contribution in [0.1, 0.15) is 37.4 Å². The molecule has 5 heteroatoms. The molecule has 21 heavy (non-hydrogen) atoms. The third-order valence-electron chi connectivity index (χ3n) is 4.54. The number of halogens is 2. The summed E-state index contributed by atoms with van der Waals surface area (Å²) in [4.78, 5) is 0. The van der Waals surface area contributed by atoms with Crippen LogP contribution in [0.25, 0.3) is 0 Å². The van der Waals surface area contributed by atoms with Gasteiger partial charge in [-0.15, -0.1) is 0 Å². The molecular formula is C16H21F2NO2. The lowest BCUT2D eigenvalue weighted by atomic mass is 9.87. The number of rotatable bonds is 3. The maximum atomic E-state index is 12.3. The van der Waals surface area contributed by atoms with E-state index in [2.05, 4.69) is 10.1 Å². The van der Waals surface area contributed by atoms with Gasteiger partial charge in [0.15, 0.2) is 0 Å². The van der Waals surface area contributed by atoms with Gasteiger partial charge in [-0.1, -0.05) is 25.0 Å². The SMILES string of the molecule is FC(F)Oc1cccc(C2CNCC3(CCCC3)CO2)c1. The number of alkyl halides is 2. The molecule has 1 saturated heterocycles. The van der Waals surface area contributed by atoms with Gasteiger partial charge in [0.2, 0.25) is 0 Å². The fourth-order valence-corrected chi connectivity index (χ4v) is 3.41. The molecule has 1 aromatic carbocycles. The summed E-state index contributed by atoms with van der Waals surface area (Å²) in [5, 5.41) is 3.47. The summed E-state index contributed by atoms with van der Waals surface area (Å²) < 4.78 is 35.1. The molecule has 1 saturated carbocycles. The summed E-state index contributed by atoms with van der Waals surface area (Å²) in [5.74, 6) is 0.186. The van der Waals surface area contributed by atoms with Gasteiger partial charge >= 0.3 is 6.61 Å². The van der Waals surface area contributed by atoms with Crippen LogP contribution < -0.4 is 10.1 Å². The molecule has 2 fully saturated rings. The third kappa shape index (κ3) is 3.52. The molecule has 1 unspecified atom stereocenters. The second-order valence-electron chi connectivity index (χ2n) is 6.09. The summed E-state index contributed by atoms with van der Waals surface area (Å²) in [5.41, 5.74) is 1.15. The van der Waals surface area contributed by atoms with Gasteiger partial charge in [0.05, 0.1) is 12.7 Å². The van der Waals surface area contributed by atoms with Gasteiger partial charge in [-0.05, 0) is 30.5 Å². The first-order valence-corrected chi connectivity index (χ1v) is 7.54. The van der Waals surface area contributed by atoms with E-state index in [-0.39, 0.29) is 17.3 Å². The van der Waals surface area contributed by atoms with Crippen LogP contribution in [0, 0.1) is 5.41 Å². The molecule has 2 aliphatic rings. The van der Waals surface area contributed by atoms with Crippen LogP contribution in [0.4, 0.5) is 8.78 Å². The lowest BCUT2D eigenvalue weighted by molar-refractivity contribution is -0.0501. The van der Waals surface area contributed by atoms with E-state index in [9.17, 15) is 8.78 Å². The van der Waals surface area contributed by atoms with Crippen molar-refractivity contribution in [3.8, 4) is 5.75 Å². The van der Waals surface area contributed by atoms with Gasteiger partial charge in [-0.3, -0.25) is 0 Å². The summed E-state index contributed by atoms with van der Waals surface area (Å²) in [7, 11) is 0. The van der Waals surface area contributed by atoms with Crippen LogP contribution in [0.2, 0.25) is 0 Å². The van der Waals surface area contributed by atoms with Crippen molar-refractivity contribution in [1.82, 2.24) is 5.32 Å². The van der Waals surface area contributed by atoms with E-state index in [4.69, 9.17) is 4.74 Å². The number of hydrogen-bond acceptors (Lipinski definition) is 3. The Labute approximate surface area is 123 Å². The zero-order valence-corrected chi connectivity index (χ0v) is 12.0. The summed E-state index contributed by atoms with van der Waals surface area (Å²) >= 11 is 0. The van der Waals surface area contributed by atoms with Crippen molar-refractivity contribution in [3.63, 3.8) is 0 Å². The fraction of sp³-hybridized carbons (Fsp3) is 0.625. The Bertz CT molecular complexity index is 475.